The molecule has 1 saturated heterocycles. The molecule has 6 nitrogen and oxygen atoms in total. The largest absolute Gasteiger partial charge is 0.494 e. The molecule has 0 bridgehead atoms. The lowest BCUT2D eigenvalue weighted by Gasteiger charge is -2.21. The SMILES string of the molecule is CCOc1ccc(C(C)NC(=O)CCCNC(=O)C2CCNCC2)cc1. The number of carbonyl (C=O) groups is 2. The van der Waals surface area contributed by atoms with Crippen LogP contribution in [0, 0.1) is 5.92 Å². The summed E-state index contributed by atoms with van der Waals surface area (Å²) in [6, 6.07) is 7.71. The van der Waals surface area contributed by atoms with E-state index in [1.807, 2.05) is 38.1 Å². The first kappa shape index (κ1) is 20.2. The van der Waals surface area contributed by atoms with Crippen molar-refractivity contribution in [3.05, 3.63) is 29.8 Å². The number of nitrogens with one attached hydrogen (secondary N) is 3. The summed E-state index contributed by atoms with van der Waals surface area (Å²) < 4.78 is 5.42. The lowest BCUT2D eigenvalue weighted by molar-refractivity contribution is -0.126. The zero-order valence-electron chi connectivity index (χ0n) is 15.8. The zero-order chi connectivity index (χ0) is 18.8. The Bertz CT molecular complexity index is 568. The highest BCUT2D eigenvalue weighted by atomic mass is 16.5. The summed E-state index contributed by atoms with van der Waals surface area (Å²) in [6.45, 7) is 6.92. The molecular formula is C20H31N3O3. The molecule has 1 unspecified atom stereocenters. The summed E-state index contributed by atoms with van der Waals surface area (Å²) in [7, 11) is 0. The van der Waals surface area contributed by atoms with Gasteiger partial charge in [0.2, 0.25) is 11.8 Å². The van der Waals surface area contributed by atoms with Gasteiger partial charge in [-0.1, -0.05) is 12.1 Å². The Kier molecular flexibility index (Phi) is 8.41. The van der Waals surface area contributed by atoms with Crippen LogP contribution in [0.1, 0.15) is 51.1 Å². The number of benzene rings is 1. The summed E-state index contributed by atoms with van der Waals surface area (Å²) in [5.41, 5.74) is 1.04. The molecule has 1 aromatic rings. The third kappa shape index (κ3) is 6.67. The molecule has 0 spiro atoms. The van der Waals surface area contributed by atoms with E-state index < -0.39 is 0 Å². The number of hydrogen-bond acceptors (Lipinski definition) is 4. The van der Waals surface area contributed by atoms with Gasteiger partial charge in [-0.25, -0.2) is 0 Å². The second-order valence-corrected chi connectivity index (χ2v) is 6.71. The average Bonchev–Trinajstić information content (AvgIpc) is 2.66. The van der Waals surface area contributed by atoms with E-state index in [4.69, 9.17) is 4.74 Å². The number of rotatable bonds is 9. The van der Waals surface area contributed by atoms with Gasteiger partial charge in [-0.15, -0.1) is 0 Å². The molecule has 1 fully saturated rings. The topological polar surface area (TPSA) is 79.5 Å². The van der Waals surface area contributed by atoms with Crippen LogP contribution in [-0.2, 0) is 9.59 Å². The Morgan fingerprint density at radius 1 is 1.23 bits per heavy atom. The number of amides is 2. The predicted octanol–water partition coefficient (Wildman–Crippen LogP) is 2.16. The summed E-state index contributed by atoms with van der Waals surface area (Å²) in [5, 5.41) is 9.20. The van der Waals surface area contributed by atoms with Gasteiger partial charge in [0.15, 0.2) is 0 Å². The molecule has 1 aromatic carbocycles. The van der Waals surface area contributed by atoms with Gasteiger partial charge in [0.1, 0.15) is 5.75 Å². The summed E-state index contributed by atoms with van der Waals surface area (Å²) >= 11 is 0. The van der Waals surface area contributed by atoms with Gasteiger partial charge >= 0.3 is 0 Å². The van der Waals surface area contributed by atoms with E-state index in [2.05, 4.69) is 16.0 Å². The Labute approximate surface area is 156 Å². The second kappa shape index (κ2) is 10.8. The first-order valence-electron chi connectivity index (χ1n) is 9.60. The molecule has 6 heteroatoms. The van der Waals surface area contributed by atoms with E-state index in [-0.39, 0.29) is 23.8 Å². The van der Waals surface area contributed by atoms with Gasteiger partial charge in [0.05, 0.1) is 12.6 Å². The van der Waals surface area contributed by atoms with Crippen LogP contribution in [0.4, 0.5) is 0 Å². The van der Waals surface area contributed by atoms with Crippen molar-refractivity contribution in [2.45, 2.75) is 45.6 Å². The van der Waals surface area contributed by atoms with Gasteiger partial charge in [-0.05, 0) is 63.9 Å². The number of piperidine rings is 1. The first-order chi connectivity index (χ1) is 12.6. The fourth-order valence-electron chi connectivity index (χ4n) is 3.11. The zero-order valence-corrected chi connectivity index (χ0v) is 15.8. The molecular weight excluding hydrogens is 330 g/mol. The summed E-state index contributed by atoms with van der Waals surface area (Å²) in [6.07, 6.45) is 2.85. The van der Waals surface area contributed by atoms with Gasteiger partial charge < -0.3 is 20.7 Å². The summed E-state index contributed by atoms with van der Waals surface area (Å²) in [4.78, 5) is 24.1. The molecule has 2 amide bonds. The Balaban J connectivity index is 1.63. The van der Waals surface area contributed by atoms with Crippen molar-refractivity contribution in [1.29, 1.82) is 0 Å². The third-order valence-corrected chi connectivity index (χ3v) is 4.66. The molecule has 26 heavy (non-hydrogen) atoms. The molecule has 3 N–H and O–H groups in total. The van der Waals surface area contributed by atoms with E-state index in [0.29, 0.717) is 26.0 Å². The Hall–Kier alpha value is -2.08. The first-order valence-corrected chi connectivity index (χ1v) is 9.60. The average molecular weight is 361 g/mol. The normalized spacial score (nSPS) is 15.9. The standard InChI is InChI=1S/C20H31N3O3/c1-3-26-18-8-6-16(7-9-18)15(2)23-19(24)5-4-12-22-20(25)17-10-13-21-14-11-17/h6-9,15,17,21H,3-5,10-14H2,1-2H3,(H,22,25)(H,23,24). The van der Waals surface area contributed by atoms with Crippen molar-refractivity contribution in [3.8, 4) is 5.75 Å². The van der Waals surface area contributed by atoms with Crippen molar-refractivity contribution in [2.24, 2.45) is 5.92 Å². The molecule has 0 saturated carbocycles. The predicted molar refractivity (Wildman–Crippen MR) is 102 cm³/mol. The molecule has 0 aromatic heterocycles. The maximum absolute atomic E-state index is 12.1. The van der Waals surface area contributed by atoms with Gasteiger partial charge in [0.25, 0.3) is 0 Å². The second-order valence-electron chi connectivity index (χ2n) is 6.71. The van der Waals surface area contributed by atoms with Crippen LogP contribution < -0.4 is 20.7 Å². The molecule has 0 aliphatic carbocycles. The van der Waals surface area contributed by atoms with E-state index in [0.717, 1.165) is 37.2 Å². The number of hydrogen-bond donors (Lipinski definition) is 3. The Morgan fingerprint density at radius 2 is 1.92 bits per heavy atom. The van der Waals surface area contributed by atoms with Crippen LogP contribution in [0.2, 0.25) is 0 Å². The lowest BCUT2D eigenvalue weighted by Crippen LogP contribution is -2.38. The van der Waals surface area contributed by atoms with Gasteiger partial charge in [0, 0.05) is 18.9 Å². The molecule has 1 heterocycles. The highest BCUT2D eigenvalue weighted by Crippen LogP contribution is 2.17. The van der Waals surface area contributed by atoms with Crippen molar-refractivity contribution >= 4 is 11.8 Å². The van der Waals surface area contributed by atoms with E-state index in [1.165, 1.54) is 0 Å². The summed E-state index contributed by atoms with van der Waals surface area (Å²) in [5.74, 6) is 1.07. The third-order valence-electron chi connectivity index (χ3n) is 4.66. The minimum atomic E-state index is -0.0532. The van der Waals surface area contributed by atoms with Crippen molar-refractivity contribution in [2.75, 3.05) is 26.2 Å². The highest BCUT2D eigenvalue weighted by Gasteiger charge is 2.20. The number of ether oxygens (including phenoxy) is 1. The van der Waals surface area contributed by atoms with Crippen molar-refractivity contribution in [3.63, 3.8) is 0 Å². The van der Waals surface area contributed by atoms with Gasteiger partial charge in [-0.2, -0.15) is 0 Å². The van der Waals surface area contributed by atoms with Crippen LogP contribution in [-0.4, -0.2) is 38.1 Å². The highest BCUT2D eigenvalue weighted by molar-refractivity contribution is 5.79. The molecule has 2 rings (SSSR count). The lowest BCUT2D eigenvalue weighted by atomic mass is 9.97. The molecule has 0 radical (unpaired) electrons. The van der Waals surface area contributed by atoms with E-state index >= 15 is 0 Å². The molecule has 1 aliphatic heterocycles. The maximum Gasteiger partial charge on any atom is 0.223 e. The number of carbonyl (C=O) groups excluding carboxylic acids is 2. The quantitative estimate of drug-likeness (QED) is 0.589. The van der Waals surface area contributed by atoms with Crippen LogP contribution in [0.15, 0.2) is 24.3 Å². The fourth-order valence-corrected chi connectivity index (χ4v) is 3.11. The van der Waals surface area contributed by atoms with Crippen LogP contribution >= 0.6 is 0 Å². The monoisotopic (exact) mass is 361 g/mol. The smallest absolute Gasteiger partial charge is 0.223 e. The van der Waals surface area contributed by atoms with Crippen LogP contribution in [0.25, 0.3) is 0 Å². The molecule has 1 aliphatic rings. The Morgan fingerprint density at radius 3 is 2.58 bits per heavy atom. The van der Waals surface area contributed by atoms with Gasteiger partial charge in [-0.3, -0.25) is 9.59 Å². The van der Waals surface area contributed by atoms with Crippen LogP contribution in [0.5, 0.6) is 5.75 Å². The minimum absolute atomic E-state index is 0.00231. The maximum atomic E-state index is 12.1. The molecule has 1 atom stereocenters. The van der Waals surface area contributed by atoms with Crippen molar-refractivity contribution < 1.29 is 14.3 Å². The van der Waals surface area contributed by atoms with Crippen LogP contribution in [0.3, 0.4) is 0 Å². The molecule has 144 valence electrons. The van der Waals surface area contributed by atoms with Crippen molar-refractivity contribution in [1.82, 2.24) is 16.0 Å². The fraction of sp³-hybridized carbons (Fsp3) is 0.600. The van der Waals surface area contributed by atoms with E-state index in [1.54, 1.807) is 0 Å². The van der Waals surface area contributed by atoms with E-state index in [9.17, 15) is 9.59 Å². The minimum Gasteiger partial charge on any atom is -0.494 e.